The van der Waals surface area contributed by atoms with E-state index in [-0.39, 0.29) is 5.41 Å². The molecule has 3 rings (SSSR count). The third-order valence-corrected chi connectivity index (χ3v) is 4.47. The van der Waals surface area contributed by atoms with Crippen molar-refractivity contribution in [2.75, 3.05) is 13.7 Å². The molecule has 1 aliphatic rings. The van der Waals surface area contributed by atoms with Gasteiger partial charge in [-0.05, 0) is 36.1 Å². The number of rotatable bonds is 4. The number of aliphatic imine (C=N–C) groups is 1. The fourth-order valence-corrected chi connectivity index (χ4v) is 3.44. The number of ether oxygens (including phenoxy) is 1. The van der Waals surface area contributed by atoms with Crippen LogP contribution in [0.5, 0.6) is 5.75 Å². The van der Waals surface area contributed by atoms with E-state index in [1.807, 2.05) is 12.1 Å². The lowest BCUT2D eigenvalue weighted by molar-refractivity contribution is 0.414. The molecule has 2 nitrogen and oxygen atoms in total. The van der Waals surface area contributed by atoms with E-state index in [2.05, 4.69) is 49.4 Å². The molecule has 0 saturated heterocycles. The molecule has 0 saturated carbocycles. The third-order valence-electron chi connectivity index (χ3n) is 4.47. The van der Waals surface area contributed by atoms with Crippen LogP contribution in [0.1, 0.15) is 30.9 Å². The van der Waals surface area contributed by atoms with Crippen LogP contribution in [0.15, 0.2) is 59.6 Å². The molecule has 1 atom stereocenters. The number of methoxy groups -OCH3 is 1. The lowest BCUT2D eigenvalue weighted by Crippen LogP contribution is -2.34. The van der Waals surface area contributed by atoms with Gasteiger partial charge in [0.05, 0.1) is 12.5 Å². The summed E-state index contributed by atoms with van der Waals surface area (Å²) in [5.74, 6) is 0.898. The molecule has 0 aromatic heterocycles. The summed E-state index contributed by atoms with van der Waals surface area (Å²) >= 11 is 0. The molecule has 0 spiro atoms. The van der Waals surface area contributed by atoms with Gasteiger partial charge < -0.3 is 4.74 Å². The molecule has 2 aromatic carbocycles. The van der Waals surface area contributed by atoms with Crippen LogP contribution in [0.3, 0.4) is 0 Å². The smallest absolute Gasteiger partial charge is 0.118 e. The summed E-state index contributed by atoms with van der Waals surface area (Å²) in [5, 5.41) is 0. The minimum Gasteiger partial charge on any atom is -0.497 e. The van der Waals surface area contributed by atoms with E-state index in [1.165, 1.54) is 16.8 Å². The van der Waals surface area contributed by atoms with Crippen LogP contribution in [0.4, 0.5) is 0 Å². The quantitative estimate of drug-likeness (QED) is 0.820. The molecule has 21 heavy (non-hydrogen) atoms. The summed E-state index contributed by atoms with van der Waals surface area (Å²) in [7, 11) is 1.70. The lowest BCUT2D eigenvalue weighted by atomic mass is 9.69. The monoisotopic (exact) mass is 279 g/mol. The molecule has 2 aromatic rings. The molecular weight excluding hydrogens is 258 g/mol. The Bertz CT molecular complexity index is 630. The molecule has 0 fully saturated rings. The Kier molecular flexibility index (Phi) is 3.78. The summed E-state index contributed by atoms with van der Waals surface area (Å²) in [6.07, 6.45) is 2.04. The van der Waals surface area contributed by atoms with Crippen LogP contribution in [0.25, 0.3) is 0 Å². The van der Waals surface area contributed by atoms with Gasteiger partial charge in [-0.3, -0.25) is 4.99 Å². The van der Waals surface area contributed by atoms with Crippen molar-refractivity contribution >= 4 is 5.71 Å². The van der Waals surface area contributed by atoms with Crippen LogP contribution in [-0.4, -0.2) is 19.4 Å². The average molecular weight is 279 g/mol. The number of hydrogen-bond acceptors (Lipinski definition) is 2. The van der Waals surface area contributed by atoms with E-state index in [4.69, 9.17) is 9.73 Å². The van der Waals surface area contributed by atoms with Crippen molar-refractivity contribution in [2.24, 2.45) is 4.99 Å². The van der Waals surface area contributed by atoms with E-state index < -0.39 is 0 Å². The van der Waals surface area contributed by atoms with E-state index in [9.17, 15) is 0 Å². The van der Waals surface area contributed by atoms with Crippen LogP contribution >= 0.6 is 0 Å². The Morgan fingerprint density at radius 3 is 2.29 bits per heavy atom. The fourth-order valence-electron chi connectivity index (χ4n) is 3.44. The minimum absolute atomic E-state index is 0.0672. The van der Waals surface area contributed by atoms with Gasteiger partial charge in [-0.15, -0.1) is 0 Å². The molecule has 1 unspecified atom stereocenters. The molecule has 108 valence electrons. The number of benzene rings is 2. The highest BCUT2D eigenvalue weighted by Gasteiger charge is 2.41. The second kappa shape index (κ2) is 5.72. The van der Waals surface area contributed by atoms with Crippen molar-refractivity contribution < 1.29 is 4.74 Å². The minimum atomic E-state index is -0.0672. The van der Waals surface area contributed by atoms with E-state index in [0.29, 0.717) is 0 Å². The maximum atomic E-state index is 5.29. The van der Waals surface area contributed by atoms with Crippen molar-refractivity contribution in [1.82, 2.24) is 0 Å². The first-order valence-corrected chi connectivity index (χ1v) is 7.55. The van der Waals surface area contributed by atoms with Gasteiger partial charge in [0.2, 0.25) is 0 Å². The Morgan fingerprint density at radius 2 is 1.67 bits per heavy atom. The summed E-state index contributed by atoms with van der Waals surface area (Å²) in [5.41, 5.74) is 3.88. The van der Waals surface area contributed by atoms with E-state index >= 15 is 0 Å². The molecule has 0 aliphatic carbocycles. The first kappa shape index (κ1) is 13.9. The molecule has 0 amide bonds. The first-order chi connectivity index (χ1) is 10.3. The standard InChI is InChI=1S/C19H21NO/c1-3-18-19(13-14-20-18,15-7-5-4-6-8-15)16-9-11-17(21-2)12-10-16/h4-12H,3,13-14H2,1-2H3. The molecule has 0 bridgehead atoms. The molecule has 2 heteroatoms. The maximum Gasteiger partial charge on any atom is 0.118 e. The largest absolute Gasteiger partial charge is 0.497 e. The second-order valence-corrected chi connectivity index (χ2v) is 5.43. The summed E-state index contributed by atoms with van der Waals surface area (Å²) in [6, 6.07) is 19.2. The van der Waals surface area contributed by atoms with Gasteiger partial charge in [0.15, 0.2) is 0 Å². The highest BCUT2D eigenvalue weighted by atomic mass is 16.5. The first-order valence-electron chi connectivity index (χ1n) is 7.55. The highest BCUT2D eigenvalue weighted by Crippen LogP contribution is 2.42. The normalized spacial score (nSPS) is 21.1. The molecule has 0 radical (unpaired) electrons. The van der Waals surface area contributed by atoms with E-state index in [0.717, 1.165) is 25.1 Å². The van der Waals surface area contributed by atoms with Crippen molar-refractivity contribution in [1.29, 1.82) is 0 Å². The van der Waals surface area contributed by atoms with Crippen molar-refractivity contribution in [2.45, 2.75) is 25.2 Å². The lowest BCUT2D eigenvalue weighted by Gasteiger charge is -2.32. The van der Waals surface area contributed by atoms with Gasteiger partial charge in [0.25, 0.3) is 0 Å². The van der Waals surface area contributed by atoms with Crippen LogP contribution < -0.4 is 4.74 Å². The van der Waals surface area contributed by atoms with Gasteiger partial charge in [-0.25, -0.2) is 0 Å². The SMILES string of the molecule is CCC1=NCCC1(c1ccccc1)c1ccc(OC)cc1. The fraction of sp³-hybridized carbons (Fsp3) is 0.316. The Balaban J connectivity index is 2.15. The Labute approximate surface area is 126 Å². The molecule has 0 N–H and O–H groups in total. The van der Waals surface area contributed by atoms with Crippen LogP contribution in [0, 0.1) is 0 Å². The summed E-state index contributed by atoms with van der Waals surface area (Å²) < 4.78 is 5.29. The topological polar surface area (TPSA) is 21.6 Å². The van der Waals surface area contributed by atoms with Gasteiger partial charge in [0, 0.05) is 12.3 Å². The molecule has 1 aliphatic heterocycles. The number of nitrogens with zero attached hydrogens (tertiary/aromatic N) is 1. The van der Waals surface area contributed by atoms with Gasteiger partial charge in [0.1, 0.15) is 5.75 Å². The molecule has 1 heterocycles. The third kappa shape index (κ3) is 2.25. The van der Waals surface area contributed by atoms with Gasteiger partial charge in [-0.1, -0.05) is 49.4 Å². The van der Waals surface area contributed by atoms with Gasteiger partial charge in [-0.2, -0.15) is 0 Å². The van der Waals surface area contributed by atoms with Crippen molar-refractivity contribution in [3.05, 3.63) is 65.7 Å². The predicted molar refractivity (Wildman–Crippen MR) is 87.4 cm³/mol. The molecular formula is C19H21NO. The van der Waals surface area contributed by atoms with E-state index in [1.54, 1.807) is 7.11 Å². The number of hydrogen-bond donors (Lipinski definition) is 0. The second-order valence-electron chi connectivity index (χ2n) is 5.43. The zero-order valence-corrected chi connectivity index (χ0v) is 12.7. The van der Waals surface area contributed by atoms with Crippen molar-refractivity contribution in [3.8, 4) is 5.75 Å². The maximum absolute atomic E-state index is 5.29. The highest BCUT2D eigenvalue weighted by molar-refractivity contribution is 5.99. The summed E-state index contributed by atoms with van der Waals surface area (Å²) in [4.78, 5) is 4.79. The summed E-state index contributed by atoms with van der Waals surface area (Å²) in [6.45, 7) is 3.11. The van der Waals surface area contributed by atoms with Crippen LogP contribution in [0.2, 0.25) is 0 Å². The Morgan fingerprint density at radius 1 is 1.00 bits per heavy atom. The van der Waals surface area contributed by atoms with Gasteiger partial charge >= 0.3 is 0 Å². The van der Waals surface area contributed by atoms with Crippen molar-refractivity contribution in [3.63, 3.8) is 0 Å². The Hall–Kier alpha value is -2.09. The predicted octanol–water partition coefficient (Wildman–Crippen LogP) is 4.24. The zero-order chi connectivity index (χ0) is 14.7. The zero-order valence-electron chi connectivity index (χ0n) is 12.7. The average Bonchev–Trinajstić information content (AvgIpc) is 3.00. The van der Waals surface area contributed by atoms with Crippen LogP contribution in [-0.2, 0) is 5.41 Å².